The zero-order valence-electron chi connectivity index (χ0n) is 15.1. The molecule has 1 aliphatic rings. The van der Waals surface area contributed by atoms with E-state index in [4.69, 9.17) is 14.3 Å². The highest BCUT2D eigenvalue weighted by atomic mass is 16.7. The topological polar surface area (TPSA) is 65.3 Å². The van der Waals surface area contributed by atoms with Crippen LogP contribution < -0.4 is 10.3 Å². The van der Waals surface area contributed by atoms with E-state index in [1.165, 1.54) is 16.7 Å². The Morgan fingerprint density at radius 3 is 3.07 bits per heavy atom. The number of fused-ring (bicyclic) bond motifs is 1. The van der Waals surface area contributed by atoms with Crippen LogP contribution in [0.1, 0.15) is 17.2 Å². The second-order valence-electron chi connectivity index (χ2n) is 6.34. The molecular formula is C20H21N3O4. The van der Waals surface area contributed by atoms with Gasteiger partial charge in [-0.3, -0.25) is 14.0 Å². The third-order valence-electron chi connectivity index (χ3n) is 4.57. The summed E-state index contributed by atoms with van der Waals surface area (Å²) < 4.78 is 12.7. The summed E-state index contributed by atoms with van der Waals surface area (Å²) in [6.45, 7) is 2.35. The van der Waals surface area contributed by atoms with E-state index >= 15 is 0 Å². The van der Waals surface area contributed by atoms with Gasteiger partial charge >= 0.3 is 0 Å². The maximum atomic E-state index is 11.8. The number of rotatable bonds is 5. The molecule has 1 aromatic carbocycles. The average Bonchev–Trinajstić information content (AvgIpc) is 2.72. The Bertz CT molecular complexity index is 988. The van der Waals surface area contributed by atoms with Crippen molar-refractivity contribution >= 4 is 5.65 Å². The zero-order valence-corrected chi connectivity index (χ0v) is 15.1. The smallest absolute Gasteiger partial charge is 0.257 e. The van der Waals surface area contributed by atoms with Gasteiger partial charge in [-0.2, -0.15) is 5.06 Å². The highest BCUT2D eigenvalue weighted by Crippen LogP contribution is 2.23. The van der Waals surface area contributed by atoms with E-state index in [1.807, 2.05) is 41.5 Å². The Labute approximate surface area is 156 Å². The standard InChI is InChI=1S/C20H21N3O4/c1-25-17-4-2-3-15(11-17)14-27-22-9-10-26-18(13-22)16-6-8-23-19(12-16)21-7-5-20(23)24/h2-8,11-12,18H,9-10,13-14H2,1H3. The second kappa shape index (κ2) is 7.87. The average molecular weight is 367 g/mol. The number of benzene rings is 1. The van der Waals surface area contributed by atoms with Gasteiger partial charge in [0.1, 0.15) is 11.4 Å². The summed E-state index contributed by atoms with van der Waals surface area (Å²) in [5.41, 5.74) is 2.53. The molecule has 4 rings (SSSR count). The molecule has 2 aromatic heterocycles. The molecule has 0 N–H and O–H groups in total. The van der Waals surface area contributed by atoms with Crippen molar-refractivity contribution in [1.29, 1.82) is 0 Å². The van der Waals surface area contributed by atoms with Crippen LogP contribution in [0.15, 0.2) is 59.7 Å². The van der Waals surface area contributed by atoms with E-state index in [1.54, 1.807) is 13.3 Å². The van der Waals surface area contributed by atoms with Crippen LogP contribution in [0.2, 0.25) is 0 Å². The molecule has 3 heterocycles. The molecule has 0 bridgehead atoms. The summed E-state index contributed by atoms with van der Waals surface area (Å²) in [7, 11) is 1.65. The quantitative estimate of drug-likeness (QED) is 0.689. The van der Waals surface area contributed by atoms with Crippen molar-refractivity contribution in [2.24, 2.45) is 0 Å². The first kappa shape index (κ1) is 17.7. The fraction of sp³-hybridized carbons (Fsp3) is 0.300. The predicted octanol–water partition coefficient (Wildman–Crippen LogP) is 2.21. The number of aromatic nitrogens is 2. The Hall–Kier alpha value is -2.74. The van der Waals surface area contributed by atoms with Gasteiger partial charge in [-0.05, 0) is 35.4 Å². The molecule has 0 spiro atoms. The van der Waals surface area contributed by atoms with E-state index in [2.05, 4.69) is 4.98 Å². The van der Waals surface area contributed by atoms with Crippen LogP contribution >= 0.6 is 0 Å². The van der Waals surface area contributed by atoms with Gasteiger partial charge in [0.15, 0.2) is 0 Å². The largest absolute Gasteiger partial charge is 0.497 e. The minimum absolute atomic E-state index is 0.0978. The van der Waals surface area contributed by atoms with E-state index in [0.717, 1.165) is 16.9 Å². The van der Waals surface area contributed by atoms with Crippen molar-refractivity contribution in [2.75, 3.05) is 26.8 Å². The lowest BCUT2D eigenvalue weighted by Gasteiger charge is -2.32. The van der Waals surface area contributed by atoms with Gasteiger partial charge in [0.25, 0.3) is 5.56 Å². The molecule has 7 nitrogen and oxygen atoms in total. The van der Waals surface area contributed by atoms with Gasteiger partial charge in [-0.25, -0.2) is 4.98 Å². The van der Waals surface area contributed by atoms with Crippen LogP contribution in [0.4, 0.5) is 0 Å². The van der Waals surface area contributed by atoms with E-state index in [-0.39, 0.29) is 11.7 Å². The van der Waals surface area contributed by atoms with Crippen LogP contribution in [0.3, 0.4) is 0 Å². The molecule has 0 amide bonds. The fourth-order valence-electron chi connectivity index (χ4n) is 3.12. The molecule has 3 aromatic rings. The molecule has 140 valence electrons. The van der Waals surface area contributed by atoms with E-state index in [9.17, 15) is 4.79 Å². The fourth-order valence-corrected chi connectivity index (χ4v) is 3.12. The number of morpholine rings is 1. The molecule has 1 aliphatic heterocycles. The normalized spacial score (nSPS) is 17.9. The molecular weight excluding hydrogens is 346 g/mol. The third-order valence-corrected chi connectivity index (χ3v) is 4.57. The molecule has 0 saturated carbocycles. The van der Waals surface area contributed by atoms with Crippen molar-refractivity contribution in [1.82, 2.24) is 14.4 Å². The zero-order chi connectivity index (χ0) is 18.6. The Kier molecular flexibility index (Phi) is 5.15. The summed E-state index contributed by atoms with van der Waals surface area (Å²) in [6, 6.07) is 13.1. The van der Waals surface area contributed by atoms with Crippen LogP contribution in [-0.2, 0) is 16.2 Å². The minimum atomic E-state index is -0.133. The summed E-state index contributed by atoms with van der Waals surface area (Å²) in [4.78, 5) is 22.1. The monoisotopic (exact) mass is 367 g/mol. The molecule has 0 radical (unpaired) electrons. The Morgan fingerprint density at radius 2 is 2.19 bits per heavy atom. The number of methoxy groups -OCH3 is 1. The Morgan fingerprint density at radius 1 is 1.26 bits per heavy atom. The number of hydrogen-bond donors (Lipinski definition) is 0. The van der Waals surface area contributed by atoms with Crippen molar-refractivity contribution < 1.29 is 14.3 Å². The number of nitrogens with zero attached hydrogens (tertiary/aromatic N) is 3. The first-order valence-electron chi connectivity index (χ1n) is 8.83. The molecule has 1 unspecified atom stereocenters. The number of hydrogen-bond acceptors (Lipinski definition) is 6. The maximum Gasteiger partial charge on any atom is 0.257 e. The summed E-state index contributed by atoms with van der Waals surface area (Å²) in [5.74, 6) is 0.815. The third kappa shape index (κ3) is 4.00. The molecule has 7 heteroatoms. The Balaban J connectivity index is 1.44. The van der Waals surface area contributed by atoms with Crippen molar-refractivity contribution in [2.45, 2.75) is 12.7 Å². The van der Waals surface area contributed by atoms with Gasteiger partial charge < -0.3 is 9.47 Å². The molecule has 0 aliphatic carbocycles. The van der Waals surface area contributed by atoms with Crippen molar-refractivity contribution in [3.63, 3.8) is 0 Å². The van der Waals surface area contributed by atoms with Crippen LogP contribution in [0.25, 0.3) is 5.65 Å². The number of ether oxygens (including phenoxy) is 2. The first-order chi connectivity index (χ1) is 13.2. The minimum Gasteiger partial charge on any atom is -0.497 e. The second-order valence-corrected chi connectivity index (χ2v) is 6.34. The maximum absolute atomic E-state index is 11.8. The SMILES string of the molecule is COc1cccc(CON2CCOC(c3ccn4c(=O)ccnc4c3)C2)c1. The summed E-state index contributed by atoms with van der Waals surface area (Å²) in [6.07, 6.45) is 3.12. The lowest BCUT2D eigenvalue weighted by atomic mass is 10.1. The van der Waals surface area contributed by atoms with Gasteiger partial charge in [-0.1, -0.05) is 12.1 Å². The molecule has 1 fully saturated rings. The highest BCUT2D eigenvalue weighted by Gasteiger charge is 2.23. The summed E-state index contributed by atoms with van der Waals surface area (Å²) >= 11 is 0. The van der Waals surface area contributed by atoms with E-state index in [0.29, 0.717) is 32.0 Å². The van der Waals surface area contributed by atoms with Crippen LogP contribution in [0.5, 0.6) is 5.75 Å². The number of hydroxylamine groups is 2. The van der Waals surface area contributed by atoms with Crippen LogP contribution in [-0.4, -0.2) is 41.3 Å². The molecule has 1 saturated heterocycles. The van der Waals surface area contributed by atoms with Gasteiger partial charge in [0, 0.05) is 25.0 Å². The van der Waals surface area contributed by atoms with Crippen molar-refractivity contribution in [3.8, 4) is 5.75 Å². The van der Waals surface area contributed by atoms with Gasteiger partial charge in [-0.15, -0.1) is 0 Å². The lowest BCUT2D eigenvalue weighted by molar-refractivity contribution is -0.220. The molecule has 1 atom stereocenters. The van der Waals surface area contributed by atoms with Crippen LogP contribution in [0, 0.1) is 0 Å². The van der Waals surface area contributed by atoms with E-state index < -0.39 is 0 Å². The lowest BCUT2D eigenvalue weighted by Crippen LogP contribution is -2.38. The van der Waals surface area contributed by atoms with Gasteiger partial charge in [0.05, 0.1) is 33.0 Å². The molecule has 27 heavy (non-hydrogen) atoms. The van der Waals surface area contributed by atoms with Crippen molar-refractivity contribution in [3.05, 3.63) is 76.3 Å². The number of pyridine rings is 1. The van der Waals surface area contributed by atoms with Gasteiger partial charge in [0.2, 0.25) is 0 Å². The predicted molar refractivity (Wildman–Crippen MR) is 99.5 cm³/mol. The highest BCUT2D eigenvalue weighted by molar-refractivity contribution is 5.41. The first-order valence-corrected chi connectivity index (χ1v) is 8.83. The summed E-state index contributed by atoms with van der Waals surface area (Å²) in [5, 5.41) is 1.92.